The van der Waals surface area contributed by atoms with Gasteiger partial charge in [0.1, 0.15) is 17.6 Å². The highest BCUT2D eigenvalue weighted by Crippen LogP contribution is 2.49. The number of esters is 1. The fourth-order valence-electron chi connectivity index (χ4n) is 4.44. The molecular weight excluding hydrogens is 360 g/mol. The zero-order valence-electron chi connectivity index (χ0n) is 15.1. The molecule has 1 N–H and O–H groups in total. The highest BCUT2D eigenvalue weighted by atomic mass is 16.7. The first-order chi connectivity index (χ1) is 13.5. The summed E-state index contributed by atoms with van der Waals surface area (Å²) in [5.41, 5.74) is 0. The first kappa shape index (κ1) is 17.0. The number of aliphatic hydroxyl groups is 1. The van der Waals surface area contributed by atoms with Crippen LogP contribution >= 0.6 is 0 Å². The molecule has 0 radical (unpaired) electrons. The number of hydrogen-bond donors (Lipinski definition) is 1. The molecule has 28 heavy (non-hydrogen) atoms. The number of ether oxygens (including phenoxy) is 3. The van der Waals surface area contributed by atoms with Crippen LogP contribution in [0.1, 0.15) is 6.92 Å². The second kappa shape index (κ2) is 5.94. The van der Waals surface area contributed by atoms with Crippen LogP contribution in [0.3, 0.4) is 0 Å². The van der Waals surface area contributed by atoms with Gasteiger partial charge in [0.2, 0.25) is 0 Å². The summed E-state index contributed by atoms with van der Waals surface area (Å²) in [7, 11) is 0. The Morgan fingerprint density at radius 3 is 2.43 bits per heavy atom. The van der Waals surface area contributed by atoms with E-state index in [-0.39, 0.29) is 5.78 Å². The molecule has 4 atom stereocenters. The number of allylic oxidation sites excluding steroid dienone is 1. The Bertz CT molecular complexity index is 1010. The maximum absolute atomic E-state index is 12.7. The van der Waals surface area contributed by atoms with E-state index in [2.05, 4.69) is 0 Å². The van der Waals surface area contributed by atoms with Gasteiger partial charge < -0.3 is 19.3 Å². The van der Waals surface area contributed by atoms with E-state index >= 15 is 0 Å². The van der Waals surface area contributed by atoms with Crippen molar-refractivity contribution in [3.8, 4) is 11.5 Å². The first-order valence-corrected chi connectivity index (χ1v) is 9.15. The minimum Gasteiger partial charge on any atom is -0.458 e. The third-order valence-electron chi connectivity index (χ3n) is 5.55. The summed E-state index contributed by atoms with van der Waals surface area (Å²) in [6.07, 6.45) is 4.22. The third kappa shape index (κ3) is 2.38. The molecule has 1 spiro atoms. The molecule has 0 saturated carbocycles. The van der Waals surface area contributed by atoms with Gasteiger partial charge in [0.25, 0.3) is 5.79 Å². The van der Waals surface area contributed by atoms with Crippen molar-refractivity contribution in [3.05, 3.63) is 60.7 Å². The Hall–Kier alpha value is -3.12. The van der Waals surface area contributed by atoms with Gasteiger partial charge in [0.05, 0.1) is 23.3 Å². The van der Waals surface area contributed by atoms with Crippen molar-refractivity contribution in [1.29, 1.82) is 0 Å². The van der Waals surface area contributed by atoms with E-state index in [4.69, 9.17) is 14.2 Å². The fourth-order valence-corrected chi connectivity index (χ4v) is 4.44. The predicted molar refractivity (Wildman–Crippen MR) is 99.8 cm³/mol. The largest absolute Gasteiger partial charge is 0.458 e. The summed E-state index contributed by atoms with van der Waals surface area (Å²) in [4.78, 5) is 24.2. The molecule has 2 aromatic carbocycles. The van der Waals surface area contributed by atoms with Crippen molar-refractivity contribution >= 4 is 22.5 Å². The highest BCUT2D eigenvalue weighted by molar-refractivity contribution is 5.96. The Kier molecular flexibility index (Phi) is 3.61. The lowest BCUT2D eigenvalue weighted by Crippen LogP contribution is -2.62. The van der Waals surface area contributed by atoms with Gasteiger partial charge >= 0.3 is 5.97 Å². The number of benzene rings is 2. The van der Waals surface area contributed by atoms with Crippen LogP contribution in [-0.2, 0) is 14.3 Å². The van der Waals surface area contributed by atoms with Crippen LogP contribution in [0, 0.1) is 11.8 Å². The summed E-state index contributed by atoms with van der Waals surface area (Å²) < 4.78 is 17.9. The lowest BCUT2D eigenvalue weighted by molar-refractivity contribution is -0.187. The average molecular weight is 378 g/mol. The molecule has 0 fully saturated rings. The number of carbonyl (C=O) groups is 2. The molecule has 3 aliphatic rings. The molecule has 0 saturated heterocycles. The Labute approximate surface area is 161 Å². The zero-order valence-corrected chi connectivity index (χ0v) is 15.1. The lowest BCUT2D eigenvalue weighted by Gasteiger charge is -2.49. The van der Waals surface area contributed by atoms with Crippen molar-refractivity contribution in [1.82, 2.24) is 0 Å². The number of fused-ring (bicyclic) bond motifs is 2. The molecular formula is C22H18O6. The SMILES string of the molecule is CC(=O)O[C@@H]1C=C[C@H](O)[C@@H]2[C@@H]1C(=O)C=CC21Oc2cccc3cccc(c23)O1. The van der Waals surface area contributed by atoms with E-state index < -0.39 is 35.8 Å². The maximum Gasteiger partial charge on any atom is 0.303 e. The second-order valence-corrected chi connectivity index (χ2v) is 7.27. The predicted octanol–water partition coefficient (Wildman–Crippen LogP) is 2.54. The quantitative estimate of drug-likeness (QED) is 0.607. The monoisotopic (exact) mass is 378 g/mol. The molecule has 0 aromatic heterocycles. The minimum absolute atomic E-state index is 0.241. The van der Waals surface area contributed by atoms with Gasteiger partial charge in [0, 0.05) is 13.0 Å². The van der Waals surface area contributed by atoms with Gasteiger partial charge in [0.15, 0.2) is 5.78 Å². The van der Waals surface area contributed by atoms with Crippen molar-refractivity contribution in [2.45, 2.75) is 24.9 Å². The number of aliphatic hydroxyl groups excluding tert-OH is 1. The number of carbonyl (C=O) groups excluding carboxylic acids is 2. The Balaban J connectivity index is 1.64. The zero-order chi connectivity index (χ0) is 19.5. The number of ketones is 1. The summed E-state index contributed by atoms with van der Waals surface area (Å²) in [6, 6.07) is 11.4. The Morgan fingerprint density at radius 1 is 1.11 bits per heavy atom. The van der Waals surface area contributed by atoms with Gasteiger partial charge in [-0.3, -0.25) is 9.59 Å². The fraction of sp³-hybridized carbons (Fsp3) is 0.273. The van der Waals surface area contributed by atoms with E-state index in [0.717, 1.165) is 10.8 Å². The van der Waals surface area contributed by atoms with Gasteiger partial charge in [-0.2, -0.15) is 0 Å². The standard InChI is InChI=1S/C22H18O6/c1-12(23)26-16-9-8-15(25)21-20(16)14(24)10-11-22(21)27-17-6-2-4-13-5-3-7-18(28-22)19(13)17/h2-11,15-16,20-21,25H,1H3/t15-,16+,20+,21+/m0/s1. The molecule has 0 bridgehead atoms. The van der Waals surface area contributed by atoms with Crippen LogP contribution in [-0.4, -0.2) is 34.9 Å². The van der Waals surface area contributed by atoms with Gasteiger partial charge in [-0.05, 0) is 29.7 Å². The van der Waals surface area contributed by atoms with Crippen LogP contribution in [0.25, 0.3) is 10.8 Å². The summed E-state index contributed by atoms with van der Waals surface area (Å²) in [5, 5.41) is 12.6. The van der Waals surface area contributed by atoms with Crippen LogP contribution < -0.4 is 9.47 Å². The molecule has 6 nitrogen and oxygen atoms in total. The molecule has 142 valence electrons. The van der Waals surface area contributed by atoms with Crippen molar-refractivity contribution in [3.63, 3.8) is 0 Å². The minimum atomic E-state index is -1.39. The van der Waals surface area contributed by atoms with E-state index in [1.54, 1.807) is 12.2 Å². The van der Waals surface area contributed by atoms with E-state index in [9.17, 15) is 14.7 Å². The van der Waals surface area contributed by atoms with E-state index in [1.165, 1.54) is 19.1 Å². The average Bonchev–Trinajstić information content (AvgIpc) is 2.66. The third-order valence-corrected chi connectivity index (χ3v) is 5.55. The van der Waals surface area contributed by atoms with Crippen LogP contribution in [0.15, 0.2) is 60.7 Å². The number of rotatable bonds is 1. The van der Waals surface area contributed by atoms with E-state index in [1.807, 2.05) is 36.4 Å². The normalized spacial score (nSPS) is 29.1. The summed E-state index contributed by atoms with van der Waals surface area (Å²) in [5.74, 6) is -2.48. The topological polar surface area (TPSA) is 82.1 Å². The molecule has 2 aliphatic carbocycles. The lowest BCUT2D eigenvalue weighted by atomic mass is 9.69. The van der Waals surface area contributed by atoms with Crippen LogP contribution in [0.4, 0.5) is 0 Å². The van der Waals surface area contributed by atoms with Crippen molar-refractivity contribution in [2.75, 3.05) is 0 Å². The van der Waals surface area contributed by atoms with Crippen molar-refractivity contribution in [2.24, 2.45) is 11.8 Å². The molecule has 0 unspecified atom stereocenters. The molecule has 0 amide bonds. The smallest absolute Gasteiger partial charge is 0.303 e. The van der Waals surface area contributed by atoms with Crippen molar-refractivity contribution < 1.29 is 28.9 Å². The molecule has 1 aliphatic heterocycles. The molecule has 5 rings (SSSR count). The molecule has 1 heterocycles. The van der Waals surface area contributed by atoms with Gasteiger partial charge in [-0.15, -0.1) is 0 Å². The Morgan fingerprint density at radius 2 is 1.79 bits per heavy atom. The van der Waals surface area contributed by atoms with E-state index in [0.29, 0.717) is 11.5 Å². The second-order valence-electron chi connectivity index (χ2n) is 7.27. The summed E-state index contributed by atoms with van der Waals surface area (Å²) in [6.45, 7) is 1.29. The van der Waals surface area contributed by atoms with Gasteiger partial charge in [-0.1, -0.05) is 30.3 Å². The molecule has 6 heteroatoms. The maximum atomic E-state index is 12.7. The van der Waals surface area contributed by atoms with Gasteiger partial charge in [-0.25, -0.2) is 0 Å². The van der Waals surface area contributed by atoms with Crippen LogP contribution in [0.2, 0.25) is 0 Å². The highest BCUT2D eigenvalue weighted by Gasteiger charge is 2.58. The molecule has 2 aromatic rings. The summed E-state index contributed by atoms with van der Waals surface area (Å²) >= 11 is 0. The van der Waals surface area contributed by atoms with Crippen LogP contribution in [0.5, 0.6) is 11.5 Å². The first-order valence-electron chi connectivity index (χ1n) is 9.15. The number of hydrogen-bond acceptors (Lipinski definition) is 6.